The van der Waals surface area contributed by atoms with Crippen LogP contribution in [0.25, 0.3) is 0 Å². The van der Waals surface area contributed by atoms with Gasteiger partial charge >= 0.3 is 0 Å². The van der Waals surface area contributed by atoms with Crippen LogP contribution in [0.1, 0.15) is 43.5 Å². The Labute approximate surface area is 114 Å². The summed E-state index contributed by atoms with van der Waals surface area (Å²) in [7, 11) is 1.65. The number of carbonyl (C=O) groups excluding carboxylic acids is 1. The van der Waals surface area contributed by atoms with E-state index >= 15 is 0 Å². The molecule has 1 aliphatic carbocycles. The van der Waals surface area contributed by atoms with Gasteiger partial charge in [0.1, 0.15) is 0 Å². The highest BCUT2D eigenvalue weighted by molar-refractivity contribution is 5.85. The summed E-state index contributed by atoms with van der Waals surface area (Å²) < 4.78 is 5.15. The van der Waals surface area contributed by atoms with E-state index in [0.29, 0.717) is 6.61 Å². The first-order valence-electron chi connectivity index (χ1n) is 6.84. The van der Waals surface area contributed by atoms with Crippen molar-refractivity contribution in [3.63, 3.8) is 0 Å². The SMILES string of the molecule is CC[C@@H](NC(=O)C1(COC)CC1)c1ccc(C)cn1. The van der Waals surface area contributed by atoms with E-state index < -0.39 is 0 Å². The Balaban J connectivity index is 2.03. The number of carbonyl (C=O) groups is 1. The Hall–Kier alpha value is -1.42. The third-order valence-electron chi connectivity index (χ3n) is 3.76. The third kappa shape index (κ3) is 3.13. The molecule has 2 rings (SSSR count). The number of hydrogen-bond donors (Lipinski definition) is 1. The molecule has 1 heterocycles. The van der Waals surface area contributed by atoms with Gasteiger partial charge in [-0.25, -0.2) is 0 Å². The second-order valence-corrected chi connectivity index (χ2v) is 5.41. The first-order chi connectivity index (χ1) is 9.11. The van der Waals surface area contributed by atoms with E-state index in [1.807, 2.05) is 25.3 Å². The lowest BCUT2D eigenvalue weighted by Gasteiger charge is -2.21. The Morgan fingerprint density at radius 3 is 2.74 bits per heavy atom. The first kappa shape index (κ1) is 14.0. The van der Waals surface area contributed by atoms with Crippen molar-refractivity contribution in [3.8, 4) is 0 Å². The molecule has 1 aromatic heterocycles. The maximum absolute atomic E-state index is 12.3. The van der Waals surface area contributed by atoms with Crippen molar-refractivity contribution < 1.29 is 9.53 Å². The van der Waals surface area contributed by atoms with Gasteiger partial charge in [-0.2, -0.15) is 0 Å². The Kier molecular flexibility index (Phi) is 4.20. The lowest BCUT2D eigenvalue weighted by Crippen LogP contribution is -2.37. The number of rotatable bonds is 6. The van der Waals surface area contributed by atoms with Crippen LogP contribution in [0.3, 0.4) is 0 Å². The summed E-state index contributed by atoms with van der Waals surface area (Å²) in [4.78, 5) is 16.7. The van der Waals surface area contributed by atoms with Gasteiger partial charge < -0.3 is 10.1 Å². The number of methoxy groups -OCH3 is 1. The van der Waals surface area contributed by atoms with Crippen LogP contribution in [-0.4, -0.2) is 24.6 Å². The maximum atomic E-state index is 12.3. The number of aryl methyl sites for hydroxylation is 1. The zero-order chi connectivity index (χ0) is 13.9. The Morgan fingerprint density at radius 1 is 1.53 bits per heavy atom. The lowest BCUT2D eigenvalue weighted by molar-refractivity contribution is -0.129. The fraction of sp³-hybridized carbons (Fsp3) is 0.600. The average Bonchev–Trinajstić information content (AvgIpc) is 3.18. The minimum atomic E-state index is -0.285. The molecule has 0 unspecified atom stereocenters. The molecule has 19 heavy (non-hydrogen) atoms. The summed E-state index contributed by atoms with van der Waals surface area (Å²) in [6, 6.07) is 4.00. The average molecular weight is 262 g/mol. The molecule has 0 bridgehead atoms. The normalized spacial score (nSPS) is 17.8. The number of amides is 1. The molecule has 0 saturated heterocycles. The molecule has 0 radical (unpaired) electrons. The number of hydrogen-bond acceptors (Lipinski definition) is 3. The van der Waals surface area contributed by atoms with Crippen LogP contribution >= 0.6 is 0 Å². The number of nitrogens with one attached hydrogen (secondary N) is 1. The molecule has 4 heteroatoms. The van der Waals surface area contributed by atoms with Gasteiger partial charge in [0.05, 0.1) is 23.8 Å². The van der Waals surface area contributed by atoms with Crippen molar-refractivity contribution in [3.05, 3.63) is 29.6 Å². The maximum Gasteiger partial charge on any atom is 0.229 e. The number of nitrogens with zero attached hydrogens (tertiary/aromatic N) is 1. The quantitative estimate of drug-likeness (QED) is 0.856. The van der Waals surface area contributed by atoms with Crippen molar-refractivity contribution in [1.29, 1.82) is 0 Å². The monoisotopic (exact) mass is 262 g/mol. The van der Waals surface area contributed by atoms with Crippen LogP contribution in [-0.2, 0) is 9.53 Å². The fourth-order valence-corrected chi connectivity index (χ4v) is 2.25. The summed E-state index contributed by atoms with van der Waals surface area (Å²) >= 11 is 0. The number of ether oxygens (including phenoxy) is 1. The minimum absolute atomic E-state index is 0.0116. The molecular weight excluding hydrogens is 240 g/mol. The van der Waals surface area contributed by atoms with E-state index in [9.17, 15) is 4.79 Å². The van der Waals surface area contributed by atoms with Gasteiger partial charge in [-0.15, -0.1) is 0 Å². The van der Waals surface area contributed by atoms with Gasteiger partial charge in [-0.1, -0.05) is 13.0 Å². The van der Waals surface area contributed by atoms with Gasteiger partial charge in [-0.05, 0) is 37.8 Å². The van der Waals surface area contributed by atoms with Crippen molar-refractivity contribution in [2.45, 2.75) is 39.2 Å². The van der Waals surface area contributed by atoms with Gasteiger partial charge in [-0.3, -0.25) is 9.78 Å². The summed E-state index contributed by atoms with van der Waals surface area (Å²) in [5.41, 5.74) is 1.77. The van der Waals surface area contributed by atoms with Crippen LogP contribution in [0.5, 0.6) is 0 Å². The summed E-state index contributed by atoms with van der Waals surface area (Å²) in [6.45, 7) is 4.58. The molecule has 1 saturated carbocycles. The molecule has 1 amide bonds. The van der Waals surface area contributed by atoms with Crippen molar-refractivity contribution in [2.24, 2.45) is 5.41 Å². The highest BCUT2D eigenvalue weighted by Crippen LogP contribution is 2.46. The van der Waals surface area contributed by atoms with E-state index in [4.69, 9.17) is 4.74 Å². The van der Waals surface area contributed by atoms with Crippen LogP contribution in [0.2, 0.25) is 0 Å². The van der Waals surface area contributed by atoms with E-state index in [1.165, 1.54) is 0 Å². The third-order valence-corrected chi connectivity index (χ3v) is 3.76. The predicted molar refractivity (Wildman–Crippen MR) is 73.7 cm³/mol. The summed E-state index contributed by atoms with van der Waals surface area (Å²) in [5.74, 6) is 0.101. The molecule has 1 aliphatic rings. The standard InChI is InChI=1S/C15H22N2O2/c1-4-12(13-6-5-11(2)9-16-13)17-14(18)15(7-8-15)10-19-3/h5-6,9,12H,4,7-8,10H2,1-3H3,(H,17,18)/t12-/m1/s1. The highest BCUT2D eigenvalue weighted by atomic mass is 16.5. The molecule has 1 atom stereocenters. The molecule has 0 spiro atoms. The van der Waals surface area contributed by atoms with Crippen molar-refractivity contribution in [2.75, 3.05) is 13.7 Å². The largest absolute Gasteiger partial charge is 0.384 e. The van der Waals surface area contributed by atoms with Crippen LogP contribution < -0.4 is 5.32 Å². The topological polar surface area (TPSA) is 51.2 Å². The molecule has 1 fully saturated rings. The molecular formula is C15H22N2O2. The summed E-state index contributed by atoms with van der Waals surface area (Å²) in [5, 5.41) is 3.11. The van der Waals surface area contributed by atoms with Gasteiger partial charge in [0.15, 0.2) is 0 Å². The molecule has 1 aromatic rings. The van der Waals surface area contributed by atoms with Crippen LogP contribution in [0.15, 0.2) is 18.3 Å². The lowest BCUT2D eigenvalue weighted by atomic mass is 10.0. The number of pyridine rings is 1. The zero-order valence-corrected chi connectivity index (χ0v) is 11.9. The highest BCUT2D eigenvalue weighted by Gasteiger charge is 2.50. The van der Waals surface area contributed by atoms with Crippen LogP contribution in [0, 0.1) is 12.3 Å². The van der Waals surface area contributed by atoms with E-state index in [0.717, 1.165) is 30.5 Å². The molecule has 0 aliphatic heterocycles. The smallest absolute Gasteiger partial charge is 0.229 e. The van der Waals surface area contributed by atoms with E-state index in [-0.39, 0.29) is 17.4 Å². The molecule has 104 valence electrons. The zero-order valence-electron chi connectivity index (χ0n) is 11.9. The second kappa shape index (κ2) is 5.70. The van der Waals surface area contributed by atoms with E-state index in [2.05, 4.69) is 17.2 Å². The van der Waals surface area contributed by atoms with E-state index in [1.54, 1.807) is 7.11 Å². The molecule has 4 nitrogen and oxygen atoms in total. The van der Waals surface area contributed by atoms with Gasteiger partial charge in [0, 0.05) is 13.3 Å². The predicted octanol–water partition coefficient (Wildman–Crippen LogP) is 2.38. The fourth-order valence-electron chi connectivity index (χ4n) is 2.25. The summed E-state index contributed by atoms with van der Waals surface area (Å²) in [6.07, 6.45) is 4.52. The van der Waals surface area contributed by atoms with Gasteiger partial charge in [0.25, 0.3) is 0 Å². The van der Waals surface area contributed by atoms with Crippen LogP contribution in [0.4, 0.5) is 0 Å². The minimum Gasteiger partial charge on any atom is -0.384 e. The second-order valence-electron chi connectivity index (χ2n) is 5.41. The number of aromatic nitrogens is 1. The Bertz CT molecular complexity index is 438. The van der Waals surface area contributed by atoms with Crippen molar-refractivity contribution in [1.82, 2.24) is 10.3 Å². The first-order valence-corrected chi connectivity index (χ1v) is 6.84. The van der Waals surface area contributed by atoms with Crippen molar-refractivity contribution >= 4 is 5.91 Å². The molecule has 0 aromatic carbocycles. The van der Waals surface area contributed by atoms with Gasteiger partial charge in [0.2, 0.25) is 5.91 Å². The molecule has 1 N–H and O–H groups in total. The Morgan fingerprint density at radius 2 is 2.26 bits per heavy atom.